The van der Waals surface area contributed by atoms with Gasteiger partial charge in [-0.05, 0) is 89.9 Å². The first-order chi connectivity index (χ1) is 27.6. The first-order valence-electron chi connectivity index (χ1n) is 23.5. The van der Waals surface area contributed by atoms with Gasteiger partial charge in [-0.3, -0.25) is 9.59 Å². The molecule has 0 aromatic rings. The maximum atomic E-state index is 12.6. The summed E-state index contributed by atoms with van der Waals surface area (Å²) in [7, 11) is 0. The van der Waals surface area contributed by atoms with Crippen molar-refractivity contribution in [3.05, 3.63) is 72.9 Å². The van der Waals surface area contributed by atoms with Crippen molar-refractivity contribution >= 4 is 11.9 Å². The Balaban J connectivity index is 4.18. The van der Waals surface area contributed by atoms with Gasteiger partial charge in [-0.15, -0.1) is 0 Å². The third-order valence-corrected chi connectivity index (χ3v) is 9.73. The lowest BCUT2D eigenvalue weighted by Crippen LogP contribution is -2.30. The van der Waals surface area contributed by atoms with Gasteiger partial charge in [0, 0.05) is 19.4 Å². The zero-order valence-electron chi connectivity index (χ0n) is 36.9. The average molecular weight is 781 g/mol. The molecule has 0 fully saturated rings. The molecule has 0 amide bonds. The van der Waals surface area contributed by atoms with Gasteiger partial charge in [-0.2, -0.15) is 0 Å². The van der Waals surface area contributed by atoms with Crippen LogP contribution in [0.15, 0.2) is 72.9 Å². The van der Waals surface area contributed by atoms with Crippen LogP contribution in [0.4, 0.5) is 0 Å². The summed E-state index contributed by atoms with van der Waals surface area (Å²) in [5.74, 6) is -0.445. The number of hydrogen-bond acceptors (Lipinski definition) is 5. The van der Waals surface area contributed by atoms with E-state index in [-0.39, 0.29) is 25.2 Å². The average Bonchev–Trinajstić information content (AvgIpc) is 3.20. The molecule has 0 aliphatic rings. The summed E-state index contributed by atoms with van der Waals surface area (Å²) in [6, 6.07) is 0. The van der Waals surface area contributed by atoms with E-state index in [0.717, 1.165) is 89.9 Å². The van der Waals surface area contributed by atoms with Gasteiger partial charge in [0.05, 0.1) is 6.61 Å². The number of rotatable bonds is 42. The van der Waals surface area contributed by atoms with E-state index >= 15 is 0 Å². The highest BCUT2D eigenvalue weighted by Crippen LogP contribution is 2.12. The van der Waals surface area contributed by atoms with E-state index < -0.39 is 6.10 Å². The highest BCUT2D eigenvalue weighted by atomic mass is 16.6. The predicted octanol–water partition coefficient (Wildman–Crippen LogP) is 15.6. The van der Waals surface area contributed by atoms with Crippen LogP contribution in [-0.4, -0.2) is 37.9 Å². The maximum Gasteiger partial charge on any atom is 0.306 e. The highest BCUT2D eigenvalue weighted by Gasteiger charge is 2.17. The van der Waals surface area contributed by atoms with Crippen LogP contribution < -0.4 is 0 Å². The Morgan fingerprint density at radius 1 is 0.411 bits per heavy atom. The molecular weight excluding hydrogens is 693 g/mol. The van der Waals surface area contributed by atoms with Crippen LogP contribution in [0, 0.1) is 0 Å². The normalized spacial score (nSPS) is 12.8. The van der Waals surface area contributed by atoms with Crippen LogP contribution in [0.3, 0.4) is 0 Å². The number of hydrogen-bond donors (Lipinski definition) is 0. The quantitative estimate of drug-likeness (QED) is 0.0351. The first kappa shape index (κ1) is 53.3. The molecule has 0 aromatic heterocycles. The third-order valence-electron chi connectivity index (χ3n) is 9.73. The lowest BCUT2D eigenvalue weighted by molar-refractivity contribution is -0.163. The SMILES string of the molecule is CC/C=C\C/C=C\C/C=C\CCCCCC(=O)OCC(COCCCCCCCCC/C=C\C/C=C\C/C=C\CCCCC)OC(=O)CCCCCCCCC. The number of carbonyl (C=O) groups is 2. The van der Waals surface area contributed by atoms with Gasteiger partial charge >= 0.3 is 11.9 Å². The smallest absolute Gasteiger partial charge is 0.306 e. The van der Waals surface area contributed by atoms with Gasteiger partial charge in [-0.25, -0.2) is 0 Å². The van der Waals surface area contributed by atoms with E-state index in [1.54, 1.807) is 0 Å². The van der Waals surface area contributed by atoms with Crippen molar-refractivity contribution in [1.29, 1.82) is 0 Å². The second-order valence-electron chi connectivity index (χ2n) is 15.3. The molecule has 1 unspecified atom stereocenters. The van der Waals surface area contributed by atoms with E-state index in [1.165, 1.54) is 89.9 Å². The monoisotopic (exact) mass is 781 g/mol. The second-order valence-corrected chi connectivity index (χ2v) is 15.3. The molecule has 0 bridgehead atoms. The Kier molecular flexibility index (Phi) is 44.5. The van der Waals surface area contributed by atoms with Crippen molar-refractivity contribution in [2.45, 2.75) is 219 Å². The fraction of sp³-hybridized carbons (Fsp3) is 0.725. The molecule has 5 nitrogen and oxygen atoms in total. The van der Waals surface area contributed by atoms with E-state index in [4.69, 9.17) is 14.2 Å². The molecule has 0 aliphatic carbocycles. The summed E-state index contributed by atoms with van der Waals surface area (Å²) in [6.07, 6.45) is 59.2. The number of carbonyl (C=O) groups excluding carboxylic acids is 2. The van der Waals surface area contributed by atoms with Crippen LogP contribution >= 0.6 is 0 Å². The largest absolute Gasteiger partial charge is 0.462 e. The Hall–Kier alpha value is -2.66. The fourth-order valence-corrected chi connectivity index (χ4v) is 6.24. The van der Waals surface area contributed by atoms with Crippen LogP contribution in [0.2, 0.25) is 0 Å². The van der Waals surface area contributed by atoms with E-state index in [0.29, 0.717) is 19.4 Å². The van der Waals surface area contributed by atoms with Crippen LogP contribution in [0.5, 0.6) is 0 Å². The minimum absolute atomic E-state index is 0.0643. The summed E-state index contributed by atoms with van der Waals surface area (Å²) < 4.78 is 17.2. The summed E-state index contributed by atoms with van der Waals surface area (Å²) in [4.78, 5) is 25.1. The van der Waals surface area contributed by atoms with Crippen LogP contribution in [-0.2, 0) is 23.8 Å². The van der Waals surface area contributed by atoms with Crippen molar-refractivity contribution in [2.75, 3.05) is 19.8 Å². The summed E-state index contributed by atoms with van der Waals surface area (Å²) in [5, 5.41) is 0. The highest BCUT2D eigenvalue weighted by molar-refractivity contribution is 5.70. The molecule has 0 aliphatic heterocycles. The molecule has 0 saturated heterocycles. The van der Waals surface area contributed by atoms with Crippen molar-refractivity contribution in [3.63, 3.8) is 0 Å². The Morgan fingerprint density at radius 2 is 0.804 bits per heavy atom. The van der Waals surface area contributed by atoms with Gasteiger partial charge < -0.3 is 14.2 Å². The molecular formula is C51H88O5. The molecule has 0 aromatic carbocycles. The third kappa shape index (κ3) is 44.1. The van der Waals surface area contributed by atoms with Crippen molar-refractivity contribution < 1.29 is 23.8 Å². The molecule has 322 valence electrons. The Labute approximate surface area is 347 Å². The number of ether oxygens (including phenoxy) is 3. The maximum absolute atomic E-state index is 12.6. The molecule has 56 heavy (non-hydrogen) atoms. The minimum Gasteiger partial charge on any atom is -0.462 e. The fourth-order valence-electron chi connectivity index (χ4n) is 6.24. The van der Waals surface area contributed by atoms with E-state index in [9.17, 15) is 9.59 Å². The lowest BCUT2D eigenvalue weighted by atomic mass is 10.1. The molecule has 5 heteroatoms. The van der Waals surface area contributed by atoms with Gasteiger partial charge in [0.2, 0.25) is 0 Å². The topological polar surface area (TPSA) is 61.8 Å². The van der Waals surface area contributed by atoms with Crippen molar-refractivity contribution in [2.24, 2.45) is 0 Å². The molecule has 0 saturated carbocycles. The Morgan fingerprint density at radius 3 is 1.34 bits per heavy atom. The van der Waals surface area contributed by atoms with Gasteiger partial charge in [0.15, 0.2) is 6.10 Å². The van der Waals surface area contributed by atoms with Crippen LogP contribution in [0.25, 0.3) is 0 Å². The zero-order chi connectivity index (χ0) is 40.7. The second kappa shape index (κ2) is 46.7. The van der Waals surface area contributed by atoms with Gasteiger partial charge in [-0.1, -0.05) is 184 Å². The predicted molar refractivity (Wildman–Crippen MR) is 242 cm³/mol. The molecule has 0 radical (unpaired) electrons. The summed E-state index contributed by atoms with van der Waals surface area (Å²) in [6.45, 7) is 7.59. The minimum atomic E-state index is -0.551. The molecule has 0 heterocycles. The zero-order valence-corrected chi connectivity index (χ0v) is 36.9. The van der Waals surface area contributed by atoms with E-state index in [2.05, 4.69) is 93.7 Å². The van der Waals surface area contributed by atoms with Crippen LogP contribution in [0.1, 0.15) is 213 Å². The standard InChI is InChI=1S/C51H88O5/c1-4-7-10-13-16-18-20-22-23-24-25-26-27-28-30-32-34-37-40-43-46-54-47-49(56-51(53)45-42-39-35-15-12-9-6-3)48-55-50(52)44-41-38-36-33-31-29-21-19-17-14-11-8-5-2/h8,11,16-19,22-23,25-26,29,31,49H,4-7,9-10,12-15,20-21,24,27-28,30,32-48H2,1-3H3/b11-8-,18-16-,19-17-,23-22-,26-25-,31-29-. The van der Waals surface area contributed by atoms with Gasteiger partial charge in [0.25, 0.3) is 0 Å². The summed E-state index contributed by atoms with van der Waals surface area (Å²) >= 11 is 0. The molecule has 0 N–H and O–H groups in total. The lowest BCUT2D eigenvalue weighted by Gasteiger charge is -2.18. The van der Waals surface area contributed by atoms with Crippen molar-refractivity contribution in [3.8, 4) is 0 Å². The van der Waals surface area contributed by atoms with Gasteiger partial charge in [0.1, 0.15) is 6.61 Å². The van der Waals surface area contributed by atoms with Crippen molar-refractivity contribution in [1.82, 2.24) is 0 Å². The first-order valence-corrected chi connectivity index (χ1v) is 23.5. The molecule has 1 atom stereocenters. The number of allylic oxidation sites excluding steroid dienone is 12. The molecule has 0 spiro atoms. The number of esters is 2. The summed E-state index contributed by atoms with van der Waals surface area (Å²) in [5.41, 5.74) is 0. The Bertz CT molecular complexity index is 1020. The molecule has 0 rings (SSSR count). The number of unbranched alkanes of at least 4 members (excludes halogenated alkanes) is 19. The van der Waals surface area contributed by atoms with E-state index in [1.807, 2.05) is 0 Å².